The first-order chi connectivity index (χ1) is 11.6. The minimum Gasteiger partial charge on any atom is -0.354 e. The second-order valence-electron chi connectivity index (χ2n) is 5.61. The fourth-order valence-corrected chi connectivity index (χ4v) is 2.74. The Morgan fingerprint density at radius 3 is 2.58 bits per heavy atom. The van der Waals surface area contributed by atoms with E-state index in [0.717, 1.165) is 11.1 Å². The summed E-state index contributed by atoms with van der Waals surface area (Å²) in [5.74, 6) is -0.778. The predicted octanol–water partition coefficient (Wildman–Crippen LogP) is 2.61. The Hall–Kier alpha value is -2.95. The van der Waals surface area contributed by atoms with Crippen LogP contribution < -0.4 is 5.32 Å². The van der Waals surface area contributed by atoms with Crippen LogP contribution >= 0.6 is 0 Å². The van der Waals surface area contributed by atoms with Gasteiger partial charge >= 0.3 is 0 Å². The van der Waals surface area contributed by atoms with Crippen molar-refractivity contribution in [3.63, 3.8) is 0 Å². The fraction of sp³-hybridized carbons (Fsp3) is 0.158. The second kappa shape index (κ2) is 6.66. The zero-order valence-corrected chi connectivity index (χ0v) is 13.1. The van der Waals surface area contributed by atoms with E-state index in [1.807, 2.05) is 12.1 Å². The van der Waals surface area contributed by atoms with Gasteiger partial charge in [0.05, 0.1) is 0 Å². The molecule has 2 amide bonds. The third kappa shape index (κ3) is 3.20. The molecule has 0 bridgehead atoms. The fourth-order valence-electron chi connectivity index (χ4n) is 2.74. The Balaban J connectivity index is 1.54. The number of fused-ring (bicyclic) bond motifs is 1. The number of rotatable bonds is 5. The smallest absolute Gasteiger partial charge is 0.259 e. The summed E-state index contributed by atoms with van der Waals surface area (Å²) in [4.78, 5) is 25.8. The molecule has 1 aliphatic rings. The summed E-state index contributed by atoms with van der Waals surface area (Å²) in [6.45, 7) is 4.21. The van der Waals surface area contributed by atoms with Crippen molar-refractivity contribution in [2.24, 2.45) is 0 Å². The van der Waals surface area contributed by atoms with Crippen molar-refractivity contribution in [2.75, 3.05) is 13.1 Å². The number of hydrogen-bond acceptors (Lipinski definition) is 2. The molecule has 0 atom stereocenters. The molecule has 1 heterocycles. The highest BCUT2D eigenvalue weighted by Gasteiger charge is 2.31. The molecule has 0 saturated heterocycles. The Kier molecular flexibility index (Phi) is 4.42. The third-order valence-corrected chi connectivity index (χ3v) is 3.97. The number of carbonyl (C=O) groups is 2. The highest BCUT2D eigenvalue weighted by Crippen LogP contribution is 2.30. The van der Waals surface area contributed by atoms with Crippen molar-refractivity contribution in [3.8, 4) is 0 Å². The second-order valence-corrected chi connectivity index (χ2v) is 5.61. The molecule has 1 N–H and O–H groups in total. The van der Waals surface area contributed by atoms with Crippen molar-refractivity contribution in [3.05, 3.63) is 77.6 Å². The molecule has 0 unspecified atom stereocenters. The van der Waals surface area contributed by atoms with Gasteiger partial charge in [0.1, 0.15) is 12.4 Å². The standard InChI is InChI=1S/C19H17FN2O2/c1-13-16-7-2-3-8-17(16)19(24)22(13)12-18(23)21-10-9-14-5-4-6-15(20)11-14/h2-8,11H,1,9-10,12H2,(H,21,23). The number of amides is 2. The molecule has 1 aliphatic heterocycles. The third-order valence-electron chi connectivity index (χ3n) is 3.97. The molecule has 0 spiro atoms. The van der Waals surface area contributed by atoms with Crippen LogP contribution in [0.1, 0.15) is 21.5 Å². The van der Waals surface area contributed by atoms with E-state index in [2.05, 4.69) is 11.9 Å². The van der Waals surface area contributed by atoms with Gasteiger partial charge in [-0.05, 0) is 30.2 Å². The quantitative estimate of drug-likeness (QED) is 0.919. The first kappa shape index (κ1) is 15.9. The summed E-state index contributed by atoms with van der Waals surface area (Å²) in [5, 5.41) is 2.75. The molecule has 0 radical (unpaired) electrons. The van der Waals surface area contributed by atoms with E-state index in [9.17, 15) is 14.0 Å². The number of benzene rings is 2. The molecule has 0 aromatic heterocycles. The van der Waals surface area contributed by atoms with Crippen molar-refractivity contribution in [1.82, 2.24) is 10.2 Å². The molecular weight excluding hydrogens is 307 g/mol. The Labute approximate surface area is 139 Å². The van der Waals surface area contributed by atoms with Crippen LogP contribution in [-0.4, -0.2) is 29.8 Å². The summed E-state index contributed by atoms with van der Waals surface area (Å²) >= 11 is 0. The summed E-state index contributed by atoms with van der Waals surface area (Å²) in [7, 11) is 0. The molecule has 122 valence electrons. The monoisotopic (exact) mass is 324 g/mol. The summed E-state index contributed by atoms with van der Waals surface area (Å²) in [5.41, 5.74) is 2.67. The lowest BCUT2D eigenvalue weighted by Crippen LogP contribution is -2.37. The molecular formula is C19H17FN2O2. The lowest BCUT2D eigenvalue weighted by Gasteiger charge is -2.17. The predicted molar refractivity (Wildman–Crippen MR) is 89.6 cm³/mol. The maximum absolute atomic E-state index is 13.1. The average Bonchev–Trinajstić information content (AvgIpc) is 2.80. The maximum atomic E-state index is 13.1. The average molecular weight is 324 g/mol. The minimum absolute atomic E-state index is 0.0739. The number of carbonyl (C=O) groups excluding carboxylic acids is 2. The van der Waals surface area contributed by atoms with Gasteiger partial charge in [0.2, 0.25) is 5.91 Å². The van der Waals surface area contributed by atoms with E-state index in [4.69, 9.17) is 0 Å². The normalized spacial score (nSPS) is 13.1. The van der Waals surface area contributed by atoms with E-state index in [1.165, 1.54) is 17.0 Å². The van der Waals surface area contributed by atoms with Gasteiger partial charge in [0.15, 0.2) is 0 Å². The van der Waals surface area contributed by atoms with Crippen molar-refractivity contribution in [1.29, 1.82) is 0 Å². The van der Waals surface area contributed by atoms with Gasteiger partial charge in [-0.3, -0.25) is 14.5 Å². The molecule has 3 rings (SSSR count). The van der Waals surface area contributed by atoms with Gasteiger partial charge < -0.3 is 5.32 Å². The topological polar surface area (TPSA) is 49.4 Å². The largest absolute Gasteiger partial charge is 0.354 e. The van der Waals surface area contributed by atoms with Crippen LogP contribution in [0.5, 0.6) is 0 Å². The maximum Gasteiger partial charge on any atom is 0.259 e. The van der Waals surface area contributed by atoms with Gasteiger partial charge in [-0.1, -0.05) is 36.9 Å². The lowest BCUT2D eigenvalue weighted by molar-refractivity contribution is -0.121. The van der Waals surface area contributed by atoms with Gasteiger partial charge in [0, 0.05) is 23.4 Å². The van der Waals surface area contributed by atoms with E-state index in [1.54, 1.807) is 24.3 Å². The van der Waals surface area contributed by atoms with Crippen LogP contribution in [0.3, 0.4) is 0 Å². The molecule has 24 heavy (non-hydrogen) atoms. The van der Waals surface area contributed by atoms with E-state index in [-0.39, 0.29) is 24.2 Å². The Morgan fingerprint density at radius 1 is 1.12 bits per heavy atom. The molecule has 4 nitrogen and oxygen atoms in total. The summed E-state index contributed by atoms with van der Waals surface area (Å²) < 4.78 is 13.1. The molecule has 0 aliphatic carbocycles. The molecule has 2 aromatic rings. The highest BCUT2D eigenvalue weighted by molar-refractivity contribution is 6.10. The van der Waals surface area contributed by atoms with Gasteiger partial charge in [0.25, 0.3) is 5.91 Å². The Morgan fingerprint density at radius 2 is 1.88 bits per heavy atom. The van der Waals surface area contributed by atoms with E-state index in [0.29, 0.717) is 24.2 Å². The van der Waals surface area contributed by atoms with Gasteiger partial charge in [-0.25, -0.2) is 4.39 Å². The molecule has 0 fully saturated rings. The molecule has 2 aromatic carbocycles. The highest BCUT2D eigenvalue weighted by atomic mass is 19.1. The van der Waals surface area contributed by atoms with Gasteiger partial charge in [-0.15, -0.1) is 0 Å². The molecule has 0 saturated carbocycles. The number of nitrogens with one attached hydrogen (secondary N) is 1. The zero-order valence-electron chi connectivity index (χ0n) is 13.1. The lowest BCUT2D eigenvalue weighted by atomic mass is 10.1. The summed E-state index contributed by atoms with van der Waals surface area (Å²) in [6.07, 6.45) is 0.526. The zero-order chi connectivity index (χ0) is 17.1. The van der Waals surface area contributed by atoms with Gasteiger partial charge in [-0.2, -0.15) is 0 Å². The van der Waals surface area contributed by atoms with E-state index < -0.39 is 0 Å². The number of halogens is 1. The van der Waals surface area contributed by atoms with Crippen molar-refractivity contribution in [2.45, 2.75) is 6.42 Å². The van der Waals surface area contributed by atoms with Crippen molar-refractivity contribution < 1.29 is 14.0 Å². The number of nitrogens with zero attached hydrogens (tertiary/aromatic N) is 1. The van der Waals surface area contributed by atoms with Crippen molar-refractivity contribution >= 4 is 17.5 Å². The van der Waals surface area contributed by atoms with Crippen LogP contribution in [0.4, 0.5) is 4.39 Å². The first-order valence-corrected chi connectivity index (χ1v) is 7.67. The van der Waals surface area contributed by atoms with Crippen LogP contribution in [-0.2, 0) is 11.2 Å². The summed E-state index contributed by atoms with van der Waals surface area (Å²) in [6, 6.07) is 13.4. The first-order valence-electron chi connectivity index (χ1n) is 7.67. The number of hydrogen-bond donors (Lipinski definition) is 1. The van der Waals surface area contributed by atoms with E-state index >= 15 is 0 Å². The van der Waals surface area contributed by atoms with Crippen LogP contribution in [0.15, 0.2) is 55.1 Å². The van der Waals surface area contributed by atoms with Crippen LogP contribution in [0, 0.1) is 5.82 Å². The van der Waals surface area contributed by atoms with Crippen LogP contribution in [0.25, 0.3) is 5.70 Å². The van der Waals surface area contributed by atoms with Crippen LogP contribution in [0.2, 0.25) is 0 Å². The SMILES string of the molecule is C=C1c2ccccc2C(=O)N1CC(=O)NCCc1cccc(F)c1. The molecule has 5 heteroatoms. The Bertz CT molecular complexity index is 782. The minimum atomic E-state index is -0.296.